The molecule has 6 nitrogen and oxygen atoms in total. The highest BCUT2D eigenvalue weighted by Crippen LogP contribution is 2.33. The van der Waals surface area contributed by atoms with Crippen molar-refractivity contribution in [1.82, 2.24) is 19.7 Å². The van der Waals surface area contributed by atoms with Crippen molar-refractivity contribution < 1.29 is 13.6 Å². The monoisotopic (exact) mass is 321 g/mol. The molecule has 0 aliphatic carbocycles. The van der Waals surface area contributed by atoms with Crippen molar-refractivity contribution in [3.63, 3.8) is 0 Å². The second-order valence-corrected chi connectivity index (χ2v) is 5.64. The van der Waals surface area contributed by atoms with Crippen LogP contribution in [0, 0.1) is 5.92 Å². The van der Waals surface area contributed by atoms with Gasteiger partial charge in [-0.15, -0.1) is 0 Å². The molecule has 0 spiro atoms. The van der Waals surface area contributed by atoms with Gasteiger partial charge in [0.05, 0.1) is 11.9 Å². The Morgan fingerprint density at radius 2 is 2.26 bits per heavy atom. The summed E-state index contributed by atoms with van der Waals surface area (Å²) in [6.45, 7) is 1.54. The second kappa shape index (κ2) is 5.94. The molecule has 2 aromatic heterocycles. The quantitative estimate of drug-likeness (QED) is 0.925. The number of aromatic nitrogens is 3. The number of piperidine rings is 1. The van der Waals surface area contributed by atoms with Gasteiger partial charge in [0.1, 0.15) is 0 Å². The smallest absolute Gasteiger partial charge is 0.321 e. The van der Waals surface area contributed by atoms with Crippen LogP contribution in [-0.4, -0.2) is 44.7 Å². The van der Waals surface area contributed by atoms with E-state index in [2.05, 4.69) is 15.4 Å². The molecule has 2 amide bonds. The molecule has 122 valence electrons. The van der Waals surface area contributed by atoms with Crippen LogP contribution in [0.4, 0.5) is 19.3 Å². The lowest BCUT2D eigenvalue weighted by Crippen LogP contribution is -2.49. The maximum absolute atomic E-state index is 13.5. The van der Waals surface area contributed by atoms with E-state index in [-0.39, 0.29) is 25.5 Å². The van der Waals surface area contributed by atoms with E-state index in [0.29, 0.717) is 11.5 Å². The maximum atomic E-state index is 13.5. The van der Waals surface area contributed by atoms with Crippen molar-refractivity contribution in [3.05, 3.63) is 36.8 Å². The zero-order valence-corrected chi connectivity index (χ0v) is 12.6. The Morgan fingerprint density at radius 3 is 2.87 bits per heavy atom. The first-order chi connectivity index (χ1) is 11.0. The molecular weight excluding hydrogens is 304 g/mol. The number of pyridine rings is 1. The van der Waals surface area contributed by atoms with Gasteiger partial charge in [0.15, 0.2) is 5.82 Å². The Balaban J connectivity index is 1.62. The summed E-state index contributed by atoms with van der Waals surface area (Å²) < 4.78 is 28.5. The number of anilines is 1. The van der Waals surface area contributed by atoms with E-state index in [0.717, 1.165) is 0 Å². The van der Waals surface area contributed by atoms with E-state index in [1.807, 2.05) is 0 Å². The van der Waals surface area contributed by atoms with Crippen LogP contribution in [-0.2, 0) is 0 Å². The normalized spacial score (nSPS) is 20.3. The molecule has 0 bridgehead atoms. The summed E-state index contributed by atoms with van der Waals surface area (Å²) in [5, 5.41) is 6.74. The van der Waals surface area contributed by atoms with Crippen LogP contribution in [0.1, 0.15) is 13.3 Å². The predicted octanol–water partition coefficient (Wildman–Crippen LogP) is 2.78. The van der Waals surface area contributed by atoms with Crippen molar-refractivity contribution in [2.45, 2.75) is 19.3 Å². The number of urea groups is 1. The SMILES string of the molecule is CC1CN(C(=O)Nc2ccc(-n3cccn3)nc2)CCC1(F)F. The number of hydrogen-bond donors (Lipinski definition) is 1. The van der Waals surface area contributed by atoms with E-state index < -0.39 is 11.8 Å². The average molecular weight is 321 g/mol. The average Bonchev–Trinajstić information content (AvgIpc) is 3.05. The van der Waals surface area contributed by atoms with Crippen LogP contribution < -0.4 is 5.32 Å². The van der Waals surface area contributed by atoms with Crippen molar-refractivity contribution in [1.29, 1.82) is 0 Å². The molecule has 8 heteroatoms. The second-order valence-electron chi connectivity index (χ2n) is 5.64. The lowest BCUT2D eigenvalue weighted by atomic mass is 9.96. The van der Waals surface area contributed by atoms with Gasteiger partial charge in [-0.2, -0.15) is 5.10 Å². The summed E-state index contributed by atoms with van der Waals surface area (Å²) in [7, 11) is 0. The predicted molar refractivity (Wildman–Crippen MR) is 80.7 cm³/mol. The highest BCUT2D eigenvalue weighted by Gasteiger charge is 2.42. The molecular formula is C15H17F2N5O. The fourth-order valence-corrected chi connectivity index (χ4v) is 2.47. The molecule has 23 heavy (non-hydrogen) atoms. The topological polar surface area (TPSA) is 63.1 Å². The Morgan fingerprint density at radius 1 is 1.43 bits per heavy atom. The van der Waals surface area contributed by atoms with Crippen LogP contribution in [0.15, 0.2) is 36.8 Å². The highest BCUT2D eigenvalue weighted by atomic mass is 19.3. The fraction of sp³-hybridized carbons (Fsp3) is 0.400. The van der Waals surface area contributed by atoms with Crippen molar-refractivity contribution in [2.75, 3.05) is 18.4 Å². The standard InChI is InChI=1S/C15H17F2N5O/c1-11-10-21(8-5-15(11,16)17)14(23)20-12-3-4-13(18-9-12)22-7-2-6-19-22/h2-4,6-7,9,11H,5,8,10H2,1H3,(H,20,23). The number of nitrogens with one attached hydrogen (secondary N) is 1. The molecule has 1 saturated heterocycles. The van der Waals surface area contributed by atoms with E-state index in [1.165, 1.54) is 18.0 Å². The maximum Gasteiger partial charge on any atom is 0.321 e. The van der Waals surface area contributed by atoms with E-state index >= 15 is 0 Å². The van der Waals surface area contributed by atoms with Gasteiger partial charge in [-0.25, -0.2) is 23.2 Å². The van der Waals surface area contributed by atoms with Gasteiger partial charge in [-0.1, -0.05) is 6.92 Å². The van der Waals surface area contributed by atoms with Gasteiger partial charge in [0.2, 0.25) is 0 Å². The summed E-state index contributed by atoms with van der Waals surface area (Å²) >= 11 is 0. The largest absolute Gasteiger partial charge is 0.324 e. The first-order valence-corrected chi connectivity index (χ1v) is 7.35. The molecule has 2 aromatic rings. The van der Waals surface area contributed by atoms with Crippen molar-refractivity contribution in [2.24, 2.45) is 5.92 Å². The van der Waals surface area contributed by atoms with Gasteiger partial charge >= 0.3 is 6.03 Å². The third-order valence-corrected chi connectivity index (χ3v) is 3.96. The lowest BCUT2D eigenvalue weighted by Gasteiger charge is -2.36. The highest BCUT2D eigenvalue weighted by molar-refractivity contribution is 5.89. The molecule has 1 aliphatic rings. The number of halogens is 2. The lowest BCUT2D eigenvalue weighted by molar-refractivity contribution is -0.0899. The molecule has 3 heterocycles. The number of amides is 2. The molecule has 0 saturated carbocycles. The Bertz CT molecular complexity index is 672. The van der Waals surface area contributed by atoms with Crippen LogP contribution in [0.25, 0.3) is 5.82 Å². The van der Waals surface area contributed by atoms with Crippen LogP contribution in [0.3, 0.4) is 0 Å². The molecule has 3 rings (SSSR count). The number of nitrogens with zero attached hydrogens (tertiary/aromatic N) is 4. The van der Waals surface area contributed by atoms with Crippen molar-refractivity contribution in [3.8, 4) is 5.82 Å². The van der Waals surface area contributed by atoms with Gasteiger partial charge in [0, 0.05) is 37.8 Å². The first kappa shape index (κ1) is 15.4. The minimum Gasteiger partial charge on any atom is -0.324 e. The van der Waals surface area contributed by atoms with Gasteiger partial charge < -0.3 is 10.2 Å². The van der Waals surface area contributed by atoms with Gasteiger partial charge in [0.25, 0.3) is 5.92 Å². The summed E-state index contributed by atoms with van der Waals surface area (Å²) in [6.07, 6.45) is 4.61. The van der Waals surface area contributed by atoms with Crippen LogP contribution in [0.2, 0.25) is 0 Å². The van der Waals surface area contributed by atoms with Gasteiger partial charge in [-0.05, 0) is 18.2 Å². The molecule has 1 fully saturated rings. The molecule has 1 N–H and O–H groups in total. The summed E-state index contributed by atoms with van der Waals surface area (Å²) in [5.74, 6) is -2.93. The summed E-state index contributed by atoms with van der Waals surface area (Å²) in [4.78, 5) is 17.8. The van der Waals surface area contributed by atoms with E-state index in [4.69, 9.17) is 0 Å². The molecule has 1 unspecified atom stereocenters. The van der Waals surface area contributed by atoms with Crippen molar-refractivity contribution >= 4 is 11.7 Å². The third-order valence-electron chi connectivity index (χ3n) is 3.96. The fourth-order valence-electron chi connectivity index (χ4n) is 2.47. The number of rotatable bonds is 2. The summed E-state index contributed by atoms with van der Waals surface area (Å²) in [6, 6.07) is 4.81. The van der Waals surface area contributed by atoms with Crippen LogP contribution in [0.5, 0.6) is 0 Å². The molecule has 0 radical (unpaired) electrons. The Labute approximate surface area is 132 Å². The number of alkyl halides is 2. The zero-order valence-electron chi connectivity index (χ0n) is 12.6. The van der Waals surface area contributed by atoms with E-state index in [9.17, 15) is 13.6 Å². The number of carbonyl (C=O) groups is 1. The third kappa shape index (κ3) is 3.30. The zero-order chi connectivity index (χ0) is 16.4. The number of hydrogen-bond acceptors (Lipinski definition) is 3. The van der Waals surface area contributed by atoms with E-state index in [1.54, 1.807) is 35.3 Å². The summed E-state index contributed by atoms with van der Waals surface area (Å²) in [5.41, 5.74) is 0.510. The van der Waals surface area contributed by atoms with Gasteiger partial charge in [-0.3, -0.25) is 0 Å². The minimum atomic E-state index is -2.70. The number of carbonyl (C=O) groups excluding carboxylic acids is 1. The minimum absolute atomic E-state index is 0.0393. The Kier molecular flexibility index (Phi) is 3.97. The molecule has 1 aliphatic heterocycles. The van der Waals surface area contributed by atoms with Crippen LogP contribution >= 0.6 is 0 Å². The Hall–Kier alpha value is -2.51. The first-order valence-electron chi connectivity index (χ1n) is 7.35. The molecule has 1 atom stereocenters. The molecule has 0 aromatic carbocycles. The number of likely N-dealkylation sites (tertiary alicyclic amines) is 1.